The lowest BCUT2D eigenvalue weighted by atomic mass is 10.2. The Balaban J connectivity index is 1.55. The molecule has 0 aliphatic heterocycles. The van der Waals surface area contributed by atoms with Crippen molar-refractivity contribution >= 4 is 11.6 Å². The number of halogens is 1. The normalized spacial score (nSPS) is 10.7. The number of carbonyl (C=O) groups is 1. The molecule has 144 valence electrons. The molecule has 0 aliphatic carbocycles. The zero-order valence-corrected chi connectivity index (χ0v) is 14.9. The highest BCUT2D eigenvalue weighted by atomic mass is 19.1. The molecule has 4 rings (SSSR count). The van der Waals surface area contributed by atoms with E-state index in [9.17, 15) is 14.0 Å². The summed E-state index contributed by atoms with van der Waals surface area (Å²) in [5, 5.41) is 10.4. The molecule has 0 aliphatic rings. The molecule has 2 heterocycles. The van der Waals surface area contributed by atoms with Crippen molar-refractivity contribution in [1.82, 2.24) is 19.9 Å². The second-order valence-corrected chi connectivity index (χ2v) is 6.03. The number of rotatable bonds is 5. The van der Waals surface area contributed by atoms with Crippen LogP contribution in [-0.2, 0) is 11.3 Å². The first kappa shape index (κ1) is 18.2. The summed E-state index contributed by atoms with van der Waals surface area (Å²) in [5.74, 6) is -0.698. The van der Waals surface area contributed by atoms with Crippen molar-refractivity contribution in [2.75, 3.05) is 5.32 Å². The Bertz CT molecular complexity index is 1220. The van der Waals surface area contributed by atoms with Gasteiger partial charge < -0.3 is 9.84 Å². The third-order valence-corrected chi connectivity index (χ3v) is 3.99. The summed E-state index contributed by atoms with van der Waals surface area (Å²) in [6, 6.07) is 17.6. The summed E-state index contributed by atoms with van der Waals surface area (Å²) in [6.45, 7) is -0.402. The second kappa shape index (κ2) is 7.85. The van der Waals surface area contributed by atoms with Crippen LogP contribution < -0.4 is 10.9 Å². The van der Waals surface area contributed by atoms with Crippen molar-refractivity contribution < 1.29 is 13.7 Å². The monoisotopic (exact) mass is 391 g/mol. The molecule has 29 heavy (non-hydrogen) atoms. The van der Waals surface area contributed by atoms with E-state index in [2.05, 4.69) is 20.6 Å². The number of benzene rings is 2. The van der Waals surface area contributed by atoms with Gasteiger partial charge in [0.1, 0.15) is 18.1 Å². The molecule has 0 bridgehead atoms. The standard InChI is InChI=1S/C20H14FN5O3/c21-14-8-4-5-9-15(14)22-17(27)12-26-18(28)11-10-16(24-26)20-23-19(25-29-20)13-6-2-1-3-7-13/h1-11H,12H2,(H,22,27). The van der Waals surface area contributed by atoms with Gasteiger partial charge in [-0.25, -0.2) is 9.07 Å². The van der Waals surface area contributed by atoms with Crippen LogP contribution in [0.15, 0.2) is 76.0 Å². The van der Waals surface area contributed by atoms with Crippen LogP contribution in [0.4, 0.5) is 10.1 Å². The Morgan fingerprint density at radius 2 is 1.79 bits per heavy atom. The summed E-state index contributed by atoms with van der Waals surface area (Å²) in [6.07, 6.45) is 0. The van der Waals surface area contributed by atoms with Gasteiger partial charge in [-0.05, 0) is 18.2 Å². The summed E-state index contributed by atoms with van der Waals surface area (Å²) >= 11 is 0. The number of hydrogen-bond donors (Lipinski definition) is 1. The van der Waals surface area contributed by atoms with Gasteiger partial charge in [-0.1, -0.05) is 47.6 Å². The maximum atomic E-state index is 13.7. The number of aromatic nitrogens is 4. The number of nitrogens with one attached hydrogen (secondary N) is 1. The van der Waals surface area contributed by atoms with Gasteiger partial charge in [0.15, 0.2) is 0 Å². The van der Waals surface area contributed by atoms with E-state index in [0.29, 0.717) is 5.82 Å². The summed E-state index contributed by atoms with van der Waals surface area (Å²) < 4.78 is 19.8. The molecule has 0 fully saturated rings. The average molecular weight is 391 g/mol. The van der Waals surface area contributed by atoms with Gasteiger partial charge in [0.25, 0.3) is 11.4 Å². The number of carbonyl (C=O) groups excluding carboxylic acids is 1. The molecular weight excluding hydrogens is 377 g/mol. The van der Waals surface area contributed by atoms with Crippen LogP contribution in [0.1, 0.15) is 0 Å². The van der Waals surface area contributed by atoms with Gasteiger partial charge in [-0.2, -0.15) is 10.1 Å². The fourth-order valence-electron chi connectivity index (χ4n) is 2.60. The molecule has 0 saturated heterocycles. The lowest BCUT2D eigenvalue weighted by Gasteiger charge is -2.07. The predicted molar refractivity (Wildman–Crippen MR) is 102 cm³/mol. The lowest BCUT2D eigenvalue weighted by Crippen LogP contribution is -2.29. The van der Waals surface area contributed by atoms with E-state index in [4.69, 9.17) is 4.52 Å². The number of amides is 1. The molecule has 0 spiro atoms. The highest BCUT2D eigenvalue weighted by Gasteiger charge is 2.15. The number of para-hydroxylation sites is 1. The fourth-order valence-corrected chi connectivity index (χ4v) is 2.60. The average Bonchev–Trinajstić information content (AvgIpc) is 3.22. The Hall–Kier alpha value is -4.14. The van der Waals surface area contributed by atoms with E-state index in [1.54, 1.807) is 6.07 Å². The Labute approximate surface area is 163 Å². The van der Waals surface area contributed by atoms with Crippen LogP contribution in [0.5, 0.6) is 0 Å². The van der Waals surface area contributed by atoms with Gasteiger partial charge in [-0.3, -0.25) is 9.59 Å². The van der Waals surface area contributed by atoms with Crippen molar-refractivity contribution in [1.29, 1.82) is 0 Å². The first-order chi connectivity index (χ1) is 14.1. The summed E-state index contributed by atoms with van der Waals surface area (Å²) in [4.78, 5) is 28.5. The van der Waals surface area contributed by atoms with Crippen molar-refractivity contribution in [3.8, 4) is 23.0 Å². The largest absolute Gasteiger partial charge is 0.332 e. The van der Waals surface area contributed by atoms with E-state index in [1.807, 2.05) is 30.3 Å². The molecule has 9 heteroatoms. The van der Waals surface area contributed by atoms with Crippen LogP contribution >= 0.6 is 0 Å². The van der Waals surface area contributed by atoms with Gasteiger partial charge in [0.05, 0.1) is 5.69 Å². The van der Waals surface area contributed by atoms with Gasteiger partial charge >= 0.3 is 0 Å². The van der Waals surface area contributed by atoms with Gasteiger partial charge in [0.2, 0.25) is 11.7 Å². The van der Waals surface area contributed by atoms with Crippen LogP contribution in [0, 0.1) is 5.82 Å². The molecular formula is C20H14FN5O3. The zero-order chi connectivity index (χ0) is 20.2. The van der Waals surface area contributed by atoms with Crippen LogP contribution in [0.2, 0.25) is 0 Å². The molecule has 0 radical (unpaired) electrons. The van der Waals surface area contributed by atoms with Crippen LogP contribution in [-0.4, -0.2) is 25.8 Å². The summed E-state index contributed by atoms with van der Waals surface area (Å²) in [5.41, 5.74) is 0.518. The van der Waals surface area contributed by atoms with Crippen molar-refractivity contribution in [3.05, 3.63) is 82.9 Å². The zero-order valence-electron chi connectivity index (χ0n) is 14.9. The molecule has 4 aromatic rings. The highest BCUT2D eigenvalue weighted by Crippen LogP contribution is 2.19. The Kier molecular flexibility index (Phi) is 4.93. The maximum absolute atomic E-state index is 13.7. The van der Waals surface area contributed by atoms with Crippen molar-refractivity contribution in [2.24, 2.45) is 0 Å². The predicted octanol–water partition coefficient (Wildman–Crippen LogP) is 2.74. The SMILES string of the molecule is O=C(Cn1nc(-c2nc(-c3ccccc3)no2)ccc1=O)Nc1ccccc1F. The van der Waals surface area contributed by atoms with Gasteiger partial charge in [-0.15, -0.1) is 0 Å². The molecule has 8 nitrogen and oxygen atoms in total. The first-order valence-corrected chi connectivity index (χ1v) is 8.62. The Morgan fingerprint density at radius 1 is 1.03 bits per heavy atom. The lowest BCUT2D eigenvalue weighted by molar-refractivity contribution is -0.117. The second-order valence-electron chi connectivity index (χ2n) is 6.03. The molecule has 2 aromatic carbocycles. The molecule has 2 aromatic heterocycles. The highest BCUT2D eigenvalue weighted by molar-refractivity contribution is 5.90. The maximum Gasteiger partial charge on any atom is 0.278 e. The third-order valence-electron chi connectivity index (χ3n) is 3.99. The molecule has 1 amide bonds. The quantitative estimate of drug-likeness (QED) is 0.561. The molecule has 1 N–H and O–H groups in total. The number of nitrogens with zero attached hydrogens (tertiary/aromatic N) is 4. The third kappa shape index (κ3) is 4.08. The van der Waals surface area contributed by atoms with E-state index >= 15 is 0 Å². The minimum atomic E-state index is -0.600. The van der Waals surface area contributed by atoms with Crippen molar-refractivity contribution in [2.45, 2.75) is 6.54 Å². The molecule has 0 atom stereocenters. The topological polar surface area (TPSA) is 103 Å². The number of anilines is 1. The smallest absolute Gasteiger partial charge is 0.278 e. The summed E-state index contributed by atoms with van der Waals surface area (Å²) in [7, 11) is 0. The van der Waals surface area contributed by atoms with E-state index in [0.717, 1.165) is 10.2 Å². The first-order valence-electron chi connectivity index (χ1n) is 8.62. The van der Waals surface area contributed by atoms with E-state index in [1.165, 1.54) is 30.3 Å². The molecule has 0 saturated carbocycles. The molecule has 0 unspecified atom stereocenters. The van der Waals surface area contributed by atoms with Crippen LogP contribution in [0.25, 0.3) is 23.0 Å². The van der Waals surface area contributed by atoms with Crippen LogP contribution in [0.3, 0.4) is 0 Å². The number of hydrogen-bond acceptors (Lipinski definition) is 6. The van der Waals surface area contributed by atoms with E-state index < -0.39 is 23.8 Å². The van der Waals surface area contributed by atoms with Crippen molar-refractivity contribution in [3.63, 3.8) is 0 Å². The minimum Gasteiger partial charge on any atom is -0.332 e. The van der Waals surface area contributed by atoms with E-state index in [-0.39, 0.29) is 17.3 Å². The minimum absolute atomic E-state index is 0.0195. The fraction of sp³-hybridized carbons (Fsp3) is 0.0500. The van der Waals surface area contributed by atoms with Gasteiger partial charge in [0, 0.05) is 11.6 Å². The Morgan fingerprint density at radius 3 is 2.59 bits per heavy atom.